The molecule has 2 rings (SSSR count). The SMILES string of the molecule is C=CCC[C@@H](c1ccoc1)N1CCNCC1. The van der Waals surface area contributed by atoms with Crippen molar-refractivity contribution in [2.24, 2.45) is 0 Å². The van der Waals surface area contributed by atoms with Crippen LogP contribution in [0, 0.1) is 0 Å². The number of allylic oxidation sites excluding steroid dienone is 1. The van der Waals surface area contributed by atoms with Crippen LogP contribution in [0.1, 0.15) is 24.4 Å². The molecule has 1 saturated heterocycles. The summed E-state index contributed by atoms with van der Waals surface area (Å²) in [7, 11) is 0. The van der Waals surface area contributed by atoms with Crippen molar-refractivity contribution in [3.05, 3.63) is 36.8 Å². The van der Waals surface area contributed by atoms with Gasteiger partial charge in [0.25, 0.3) is 0 Å². The molecule has 1 N–H and O–H groups in total. The molecule has 0 bridgehead atoms. The van der Waals surface area contributed by atoms with Gasteiger partial charge in [0.15, 0.2) is 0 Å². The van der Waals surface area contributed by atoms with Gasteiger partial charge < -0.3 is 9.73 Å². The van der Waals surface area contributed by atoms with E-state index in [1.54, 1.807) is 6.26 Å². The molecule has 3 nitrogen and oxygen atoms in total. The first-order valence-electron chi connectivity index (χ1n) is 5.99. The molecule has 88 valence electrons. The van der Waals surface area contributed by atoms with Crippen LogP contribution in [0.2, 0.25) is 0 Å². The number of furan rings is 1. The summed E-state index contributed by atoms with van der Waals surface area (Å²) in [5, 5.41) is 3.39. The number of hydrogen-bond acceptors (Lipinski definition) is 3. The highest BCUT2D eigenvalue weighted by atomic mass is 16.3. The van der Waals surface area contributed by atoms with Gasteiger partial charge in [-0.05, 0) is 18.9 Å². The molecular formula is C13H20N2O. The van der Waals surface area contributed by atoms with Crippen LogP contribution in [-0.2, 0) is 0 Å². The summed E-state index contributed by atoms with van der Waals surface area (Å²) in [6.07, 6.45) is 7.81. The topological polar surface area (TPSA) is 28.4 Å². The van der Waals surface area contributed by atoms with Crippen molar-refractivity contribution in [1.82, 2.24) is 10.2 Å². The lowest BCUT2D eigenvalue weighted by Gasteiger charge is -2.34. The van der Waals surface area contributed by atoms with Crippen LogP contribution in [0.3, 0.4) is 0 Å². The maximum absolute atomic E-state index is 5.20. The second-order valence-corrected chi connectivity index (χ2v) is 4.22. The monoisotopic (exact) mass is 220 g/mol. The largest absolute Gasteiger partial charge is 0.472 e. The van der Waals surface area contributed by atoms with Gasteiger partial charge in [0, 0.05) is 37.8 Å². The van der Waals surface area contributed by atoms with Crippen LogP contribution >= 0.6 is 0 Å². The van der Waals surface area contributed by atoms with Crippen molar-refractivity contribution in [3.8, 4) is 0 Å². The molecule has 0 aliphatic carbocycles. The molecule has 2 heterocycles. The Bertz CT molecular complexity index is 302. The summed E-state index contributed by atoms with van der Waals surface area (Å²) < 4.78 is 5.20. The molecule has 1 aromatic rings. The minimum absolute atomic E-state index is 0.485. The van der Waals surface area contributed by atoms with Crippen molar-refractivity contribution in [2.75, 3.05) is 26.2 Å². The third-order valence-corrected chi connectivity index (χ3v) is 3.16. The first kappa shape index (κ1) is 11.4. The fourth-order valence-electron chi connectivity index (χ4n) is 2.29. The van der Waals surface area contributed by atoms with E-state index in [4.69, 9.17) is 4.42 Å². The quantitative estimate of drug-likeness (QED) is 0.771. The van der Waals surface area contributed by atoms with E-state index in [-0.39, 0.29) is 0 Å². The first-order chi connectivity index (χ1) is 7.92. The Morgan fingerprint density at radius 3 is 2.94 bits per heavy atom. The highest BCUT2D eigenvalue weighted by Gasteiger charge is 2.21. The van der Waals surface area contributed by atoms with Gasteiger partial charge in [-0.15, -0.1) is 6.58 Å². The van der Waals surface area contributed by atoms with E-state index < -0.39 is 0 Å². The molecule has 0 radical (unpaired) electrons. The van der Waals surface area contributed by atoms with Crippen LogP contribution in [0.5, 0.6) is 0 Å². The molecule has 3 heteroatoms. The fourth-order valence-corrected chi connectivity index (χ4v) is 2.29. The van der Waals surface area contributed by atoms with Gasteiger partial charge in [-0.3, -0.25) is 4.90 Å². The van der Waals surface area contributed by atoms with E-state index in [9.17, 15) is 0 Å². The zero-order chi connectivity index (χ0) is 11.2. The van der Waals surface area contributed by atoms with Crippen LogP contribution in [0.15, 0.2) is 35.7 Å². The van der Waals surface area contributed by atoms with Gasteiger partial charge in [0.2, 0.25) is 0 Å². The molecule has 16 heavy (non-hydrogen) atoms. The minimum atomic E-state index is 0.485. The molecule has 0 amide bonds. The molecule has 0 spiro atoms. The van der Waals surface area contributed by atoms with E-state index in [0.29, 0.717) is 6.04 Å². The van der Waals surface area contributed by atoms with Crippen molar-refractivity contribution < 1.29 is 4.42 Å². The Balaban J connectivity index is 2.03. The molecule has 0 saturated carbocycles. The molecular weight excluding hydrogens is 200 g/mol. The van der Waals surface area contributed by atoms with Gasteiger partial charge in [-0.25, -0.2) is 0 Å². The van der Waals surface area contributed by atoms with Gasteiger partial charge in [-0.2, -0.15) is 0 Å². The van der Waals surface area contributed by atoms with Crippen LogP contribution in [0.25, 0.3) is 0 Å². The number of hydrogen-bond donors (Lipinski definition) is 1. The highest BCUT2D eigenvalue weighted by molar-refractivity contribution is 5.12. The Morgan fingerprint density at radius 2 is 2.31 bits per heavy atom. The third kappa shape index (κ3) is 2.74. The molecule has 0 unspecified atom stereocenters. The van der Waals surface area contributed by atoms with Gasteiger partial charge >= 0.3 is 0 Å². The first-order valence-corrected chi connectivity index (χ1v) is 5.99. The van der Waals surface area contributed by atoms with E-state index >= 15 is 0 Å². The van der Waals surface area contributed by atoms with E-state index in [1.165, 1.54) is 5.56 Å². The molecule has 1 atom stereocenters. The maximum atomic E-state index is 5.20. The van der Waals surface area contributed by atoms with E-state index in [2.05, 4.69) is 22.9 Å². The van der Waals surface area contributed by atoms with Gasteiger partial charge in [-0.1, -0.05) is 6.08 Å². The predicted octanol–water partition coefficient (Wildman–Crippen LogP) is 2.19. The lowest BCUT2D eigenvalue weighted by atomic mass is 10.0. The lowest BCUT2D eigenvalue weighted by molar-refractivity contribution is 0.165. The summed E-state index contributed by atoms with van der Waals surface area (Å²) in [5.41, 5.74) is 1.30. The van der Waals surface area contributed by atoms with E-state index in [1.807, 2.05) is 12.3 Å². The zero-order valence-corrected chi connectivity index (χ0v) is 9.69. The second-order valence-electron chi connectivity index (χ2n) is 4.22. The molecule has 1 aliphatic heterocycles. The standard InChI is InChI=1S/C13H20N2O/c1-2-3-4-13(12-5-10-16-11-12)15-8-6-14-7-9-15/h2,5,10-11,13-14H,1,3-4,6-9H2/t13-/m0/s1. The summed E-state index contributed by atoms with van der Waals surface area (Å²) in [4.78, 5) is 2.53. The van der Waals surface area contributed by atoms with Crippen LogP contribution in [-0.4, -0.2) is 31.1 Å². The highest BCUT2D eigenvalue weighted by Crippen LogP contribution is 2.26. The Labute approximate surface area is 97.1 Å². The van der Waals surface area contributed by atoms with Crippen LogP contribution in [0.4, 0.5) is 0 Å². The Kier molecular flexibility index (Phi) is 4.19. The van der Waals surface area contributed by atoms with Crippen molar-refractivity contribution in [3.63, 3.8) is 0 Å². The average molecular weight is 220 g/mol. The smallest absolute Gasteiger partial charge is 0.0950 e. The van der Waals surface area contributed by atoms with Gasteiger partial charge in [0.1, 0.15) is 0 Å². The fraction of sp³-hybridized carbons (Fsp3) is 0.538. The summed E-state index contributed by atoms with van der Waals surface area (Å²) in [5.74, 6) is 0. The summed E-state index contributed by atoms with van der Waals surface area (Å²) >= 11 is 0. The third-order valence-electron chi connectivity index (χ3n) is 3.16. The molecule has 1 fully saturated rings. The maximum Gasteiger partial charge on any atom is 0.0950 e. The predicted molar refractivity (Wildman–Crippen MR) is 65.3 cm³/mol. The van der Waals surface area contributed by atoms with Crippen molar-refractivity contribution in [1.29, 1.82) is 0 Å². The Morgan fingerprint density at radius 1 is 1.50 bits per heavy atom. The van der Waals surface area contributed by atoms with Crippen LogP contribution < -0.4 is 5.32 Å². The Hall–Kier alpha value is -1.06. The minimum Gasteiger partial charge on any atom is -0.472 e. The number of rotatable bonds is 5. The van der Waals surface area contributed by atoms with E-state index in [0.717, 1.165) is 39.0 Å². The molecule has 0 aromatic carbocycles. The number of nitrogens with one attached hydrogen (secondary N) is 1. The number of piperazine rings is 1. The zero-order valence-electron chi connectivity index (χ0n) is 9.69. The number of nitrogens with zero attached hydrogens (tertiary/aromatic N) is 1. The second kappa shape index (κ2) is 5.87. The van der Waals surface area contributed by atoms with Crippen molar-refractivity contribution >= 4 is 0 Å². The normalized spacial score (nSPS) is 19.5. The summed E-state index contributed by atoms with van der Waals surface area (Å²) in [6.45, 7) is 8.21. The summed E-state index contributed by atoms with van der Waals surface area (Å²) in [6, 6.07) is 2.56. The van der Waals surface area contributed by atoms with Crippen molar-refractivity contribution in [2.45, 2.75) is 18.9 Å². The van der Waals surface area contributed by atoms with Gasteiger partial charge in [0.05, 0.1) is 12.5 Å². The average Bonchev–Trinajstić information content (AvgIpc) is 2.85. The molecule has 1 aliphatic rings. The lowest BCUT2D eigenvalue weighted by Crippen LogP contribution is -2.45. The molecule has 1 aromatic heterocycles.